The number of rotatable bonds is 7. The Kier molecular flexibility index (Phi) is 8.06. The van der Waals surface area contributed by atoms with E-state index in [1.54, 1.807) is 0 Å². The van der Waals surface area contributed by atoms with Gasteiger partial charge < -0.3 is 10.5 Å². The predicted molar refractivity (Wildman–Crippen MR) is 74.3 cm³/mol. The second-order valence-electron chi connectivity index (χ2n) is 5.49. The average Bonchev–Trinajstić information content (AvgIpc) is 2.63. The van der Waals surface area contributed by atoms with Gasteiger partial charge in [-0.25, -0.2) is 0 Å². The van der Waals surface area contributed by atoms with E-state index >= 15 is 0 Å². The third kappa shape index (κ3) is 6.39. The first-order chi connectivity index (χ1) is 8.76. The Hall–Kier alpha value is -0.570. The van der Waals surface area contributed by atoms with Crippen LogP contribution in [0.1, 0.15) is 71.1 Å². The van der Waals surface area contributed by atoms with E-state index in [0.29, 0.717) is 12.3 Å². The minimum Gasteiger partial charge on any atom is -0.462 e. The zero-order valence-electron chi connectivity index (χ0n) is 11.8. The molecule has 1 aliphatic rings. The third-order valence-electron chi connectivity index (χ3n) is 4.01. The van der Waals surface area contributed by atoms with Crippen LogP contribution >= 0.6 is 0 Å². The lowest BCUT2D eigenvalue weighted by Crippen LogP contribution is -2.18. The van der Waals surface area contributed by atoms with E-state index in [1.165, 1.54) is 25.7 Å². The Morgan fingerprint density at radius 3 is 2.44 bits per heavy atom. The quantitative estimate of drug-likeness (QED) is 0.560. The van der Waals surface area contributed by atoms with Gasteiger partial charge in [0.05, 0.1) is 0 Å². The van der Waals surface area contributed by atoms with Crippen molar-refractivity contribution in [1.29, 1.82) is 0 Å². The molecule has 0 aliphatic heterocycles. The molecule has 0 heterocycles. The summed E-state index contributed by atoms with van der Waals surface area (Å²) in [5, 5.41) is 0. The highest BCUT2D eigenvalue weighted by Gasteiger charge is 2.17. The van der Waals surface area contributed by atoms with E-state index in [-0.39, 0.29) is 12.1 Å². The van der Waals surface area contributed by atoms with Crippen molar-refractivity contribution in [3.63, 3.8) is 0 Å². The average molecular weight is 255 g/mol. The topological polar surface area (TPSA) is 52.3 Å². The van der Waals surface area contributed by atoms with Gasteiger partial charge in [-0.2, -0.15) is 0 Å². The standard InChI is InChI=1S/C15H29NO2/c1-2-13(11-12-16)9-10-15(17)18-14-7-5-3-4-6-8-14/h13-14H,2-12,16H2,1H3. The molecule has 1 atom stereocenters. The molecule has 1 fully saturated rings. The molecular formula is C15H29NO2. The van der Waals surface area contributed by atoms with Gasteiger partial charge in [-0.05, 0) is 51.0 Å². The van der Waals surface area contributed by atoms with E-state index in [2.05, 4.69) is 6.92 Å². The molecule has 3 heteroatoms. The summed E-state index contributed by atoms with van der Waals surface area (Å²) >= 11 is 0. The highest BCUT2D eigenvalue weighted by molar-refractivity contribution is 5.69. The number of hydrogen-bond acceptors (Lipinski definition) is 3. The number of carbonyl (C=O) groups excluding carboxylic acids is 1. The van der Waals surface area contributed by atoms with E-state index in [4.69, 9.17) is 10.5 Å². The van der Waals surface area contributed by atoms with Gasteiger partial charge in [0.1, 0.15) is 6.10 Å². The van der Waals surface area contributed by atoms with Crippen molar-refractivity contribution < 1.29 is 9.53 Å². The Bertz CT molecular complexity index is 223. The van der Waals surface area contributed by atoms with Crippen LogP contribution in [-0.4, -0.2) is 18.6 Å². The summed E-state index contributed by atoms with van der Waals surface area (Å²) in [5.74, 6) is 0.578. The highest BCUT2D eigenvalue weighted by Crippen LogP contribution is 2.21. The summed E-state index contributed by atoms with van der Waals surface area (Å²) in [4.78, 5) is 11.8. The van der Waals surface area contributed by atoms with Gasteiger partial charge in [-0.15, -0.1) is 0 Å². The molecule has 0 amide bonds. The van der Waals surface area contributed by atoms with Gasteiger partial charge in [0.2, 0.25) is 0 Å². The Balaban J connectivity index is 2.19. The van der Waals surface area contributed by atoms with Crippen molar-refractivity contribution in [2.75, 3.05) is 6.54 Å². The summed E-state index contributed by atoms with van der Waals surface area (Å²) in [6.45, 7) is 2.88. The van der Waals surface area contributed by atoms with Crippen LogP contribution in [0.15, 0.2) is 0 Å². The molecule has 2 N–H and O–H groups in total. The SMILES string of the molecule is CCC(CCN)CCC(=O)OC1CCCCCC1. The smallest absolute Gasteiger partial charge is 0.306 e. The maximum Gasteiger partial charge on any atom is 0.306 e. The molecule has 18 heavy (non-hydrogen) atoms. The molecule has 106 valence electrons. The molecule has 0 aromatic heterocycles. The molecule has 0 saturated heterocycles. The largest absolute Gasteiger partial charge is 0.462 e. The fraction of sp³-hybridized carbons (Fsp3) is 0.933. The van der Waals surface area contributed by atoms with Crippen LogP contribution in [0.4, 0.5) is 0 Å². The van der Waals surface area contributed by atoms with Crippen molar-refractivity contribution in [2.45, 2.75) is 77.2 Å². The molecule has 0 spiro atoms. The number of ether oxygens (including phenoxy) is 1. The van der Waals surface area contributed by atoms with Crippen LogP contribution in [0.3, 0.4) is 0 Å². The molecule has 0 aromatic carbocycles. The van der Waals surface area contributed by atoms with Gasteiger partial charge in [0.25, 0.3) is 0 Å². The van der Waals surface area contributed by atoms with Crippen molar-refractivity contribution >= 4 is 5.97 Å². The molecule has 0 radical (unpaired) electrons. The summed E-state index contributed by atoms with van der Waals surface area (Å²) in [6, 6.07) is 0. The van der Waals surface area contributed by atoms with Crippen LogP contribution in [0.25, 0.3) is 0 Å². The summed E-state index contributed by atoms with van der Waals surface area (Å²) in [6.07, 6.45) is 10.9. The number of carbonyl (C=O) groups is 1. The molecule has 1 rings (SSSR count). The van der Waals surface area contributed by atoms with E-state index in [1.807, 2.05) is 0 Å². The van der Waals surface area contributed by atoms with Crippen LogP contribution in [0, 0.1) is 5.92 Å². The number of hydrogen-bond donors (Lipinski definition) is 1. The highest BCUT2D eigenvalue weighted by atomic mass is 16.5. The van der Waals surface area contributed by atoms with Gasteiger partial charge in [-0.3, -0.25) is 4.79 Å². The van der Waals surface area contributed by atoms with E-state index < -0.39 is 0 Å². The molecular weight excluding hydrogens is 226 g/mol. The zero-order valence-corrected chi connectivity index (χ0v) is 11.8. The Morgan fingerprint density at radius 1 is 1.22 bits per heavy atom. The van der Waals surface area contributed by atoms with Crippen molar-refractivity contribution in [3.05, 3.63) is 0 Å². The molecule has 1 unspecified atom stereocenters. The lowest BCUT2D eigenvalue weighted by molar-refractivity contribution is -0.150. The zero-order chi connectivity index (χ0) is 13.2. The Labute approximate surface area is 111 Å². The minimum absolute atomic E-state index is 0.00243. The predicted octanol–water partition coefficient (Wildman–Crippen LogP) is 3.41. The van der Waals surface area contributed by atoms with Crippen molar-refractivity contribution in [2.24, 2.45) is 11.7 Å². The summed E-state index contributed by atoms with van der Waals surface area (Å²) < 4.78 is 5.57. The monoisotopic (exact) mass is 255 g/mol. The van der Waals surface area contributed by atoms with Crippen LogP contribution in [0.5, 0.6) is 0 Å². The molecule has 0 bridgehead atoms. The van der Waals surface area contributed by atoms with Crippen LogP contribution < -0.4 is 5.73 Å². The molecule has 3 nitrogen and oxygen atoms in total. The van der Waals surface area contributed by atoms with Crippen LogP contribution in [0.2, 0.25) is 0 Å². The van der Waals surface area contributed by atoms with Gasteiger partial charge in [-0.1, -0.05) is 26.2 Å². The maximum absolute atomic E-state index is 11.8. The van der Waals surface area contributed by atoms with Crippen molar-refractivity contribution in [1.82, 2.24) is 0 Å². The minimum atomic E-state index is -0.00243. The molecule has 0 aromatic rings. The lowest BCUT2D eigenvalue weighted by Gasteiger charge is -2.17. The fourth-order valence-corrected chi connectivity index (χ4v) is 2.71. The first-order valence-electron chi connectivity index (χ1n) is 7.65. The second kappa shape index (κ2) is 9.37. The number of esters is 1. The molecule has 1 aliphatic carbocycles. The van der Waals surface area contributed by atoms with E-state index in [9.17, 15) is 4.79 Å². The Morgan fingerprint density at radius 2 is 1.89 bits per heavy atom. The third-order valence-corrected chi connectivity index (χ3v) is 4.01. The van der Waals surface area contributed by atoms with E-state index in [0.717, 1.165) is 38.6 Å². The van der Waals surface area contributed by atoms with Gasteiger partial charge in [0.15, 0.2) is 0 Å². The lowest BCUT2D eigenvalue weighted by atomic mass is 9.97. The maximum atomic E-state index is 11.8. The van der Waals surface area contributed by atoms with Crippen LogP contribution in [-0.2, 0) is 9.53 Å². The van der Waals surface area contributed by atoms with Gasteiger partial charge >= 0.3 is 5.97 Å². The fourth-order valence-electron chi connectivity index (χ4n) is 2.71. The van der Waals surface area contributed by atoms with Gasteiger partial charge in [0, 0.05) is 6.42 Å². The second-order valence-corrected chi connectivity index (χ2v) is 5.49. The van der Waals surface area contributed by atoms with Crippen molar-refractivity contribution in [3.8, 4) is 0 Å². The molecule has 1 saturated carbocycles. The summed E-state index contributed by atoms with van der Waals surface area (Å²) in [7, 11) is 0. The first kappa shape index (κ1) is 15.5. The normalized spacial score (nSPS) is 19.2. The first-order valence-corrected chi connectivity index (χ1v) is 7.65. The number of nitrogens with two attached hydrogens (primary N) is 1. The summed E-state index contributed by atoms with van der Waals surface area (Å²) in [5.41, 5.74) is 5.56.